The maximum Gasteiger partial charge on any atom is 0.262 e. The second-order valence-electron chi connectivity index (χ2n) is 6.56. The summed E-state index contributed by atoms with van der Waals surface area (Å²) in [5, 5.41) is 13.1. The zero-order chi connectivity index (χ0) is 20.4. The number of pyridine rings is 1. The summed E-state index contributed by atoms with van der Waals surface area (Å²) in [6, 6.07) is 13.0. The number of hydrogen-bond donors (Lipinski definition) is 4. The lowest BCUT2D eigenvalue weighted by Crippen LogP contribution is -2.45. The van der Waals surface area contributed by atoms with Crippen molar-refractivity contribution < 1.29 is 14.7 Å². The molecule has 4 aromatic rings. The van der Waals surface area contributed by atoms with Crippen molar-refractivity contribution in [3.05, 3.63) is 71.4 Å². The van der Waals surface area contributed by atoms with Crippen molar-refractivity contribution >= 4 is 34.2 Å². The van der Waals surface area contributed by atoms with Crippen molar-refractivity contribution in [1.29, 1.82) is 0 Å². The molecular weight excluding hydrogens is 388 g/mol. The maximum atomic E-state index is 12.7. The van der Waals surface area contributed by atoms with E-state index in [9.17, 15) is 14.7 Å². The van der Waals surface area contributed by atoms with Gasteiger partial charge in [0.15, 0.2) is 0 Å². The number of phenolic OH excluding ortho intramolecular Hbond substituents is 1. The smallest absolute Gasteiger partial charge is 0.262 e. The third kappa shape index (κ3) is 3.97. The van der Waals surface area contributed by atoms with Gasteiger partial charge in [0.25, 0.3) is 5.91 Å². The number of benzene rings is 1. The van der Waals surface area contributed by atoms with Crippen LogP contribution in [0.1, 0.15) is 15.2 Å². The highest BCUT2D eigenvalue weighted by atomic mass is 32.1. The highest BCUT2D eigenvalue weighted by Gasteiger charge is 2.21. The van der Waals surface area contributed by atoms with E-state index in [0.29, 0.717) is 4.88 Å². The van der Waals surface area contributed by atoms with E-state index in [1.54, 1.807) is 24.4 Å². The summed E-state index contributed by atoms with van der Waals surface area (Å²) in [6.07, 6.45) is 3.78. The largest absolute Gasteiger partial charge is 0.508 e. The number of nitrogens with one attached hydrogen (secondary N) is 2. The van der Waals surface area contributed by atoms with Crippen molar-refractivity contribution in [2.75, 3.05) is 0 Å². The van der Waals surface area contributed by atoms with Gasteiger partial charge in [-0.1, -0.05) is 12.1 Å². The first-order chi connectivity index (χ1) is 14.0. The number of aromatic hydroxyl groups is 1. The molecule has 0 fully saturated rings. The number of aromatic nitrogens is 2. The van der Waals surface area contributed by atoms with Gasteiger partial charge in [0.2, 0.25) is 5.91 Å². The fourth-order valence-electron chi connectivity index (χ4n) is 3.10. The Morgan fingerprint density at radius 1 is 1.14 bits per heavy atom. The van der Waals surface area contributed by atoms with Crippen molar-refractivity contribution in [2.45, 2.75) is 12.5 Å². The first-order valence-electron chi connectivity index (χ1n) is 8.91. The molecule has 0 saturated heterocycles. The molecule has 0 bridgehead atoms. The van der Waals surface area contributed by atoms with Gasteiger partial charge in [0.05, 0.1) is 4.88 Å². The minimum atomic E-state index is -0.852. The van der Waals surface area contributed by atoms with Crippen molar-refractivity contribution in [2.24, 2.45) is 5.73 Å². The highest BCUT2D eigenvalue weighted by molar-refractivity contribution is 7.17. The molecule has 3 heterocycles. The standard InChI is InChI=1S/C21H18N4O3S/c22-19(27)16(11-12-1-3-13(26)4-2-12)25-21(28)18-6-5-17(29-18)14-7-9-23-20-15(14)8-10-24-20/h1-10,16,26H,11H2,(H2,22,27)(H,23,24)(H,25,28). The van der Waals surface area contributed by atoms with E-state index in [-0.39, 0.29) is 18.1 Å². The van der Waals surface area contributed by atoms with Crippen LogP contribution >= 0.6 is 11.3 Å². The lowest BCUT2D eigenvalue weighted by Gasteiger charge is -2.15. The van der Waals surface area contributed by atoms with Gasteiger partial charge in [-0.2, -0.15) is 0 Å². The zero-order valence-corrected chi connectivity index (χ0v) is 16.1. The monoisotopic (exact) mass is 406 g/mol. The number of aromatic amines is 1. The SMILES string of the molecule is NC(=O)C(Cc1ccc(O)cc1)NC(=O)c1ccc(-c2ccnc3[nH]ccc23)s1. The van der Waals surface area contributed by atoms with Crippen LogP contribution in [0.4, 0.5) is 0 Å². The van der Waals surface area contributed by atoms with Crippen LogP contribution in [0.15, 0.2) is 60.9 Å². The van der Waals surface area contributed by atoms with Crippen LogP contribution in [0.2, 0.25) is 0 Å². The molecule has 0 aliphatic heterocycles. The minimum absolute atomic E-state index is 0.132. The Morgan fingerprint density at radius 2 is 1.93 bits per heavy atom. The number of H-pyrrole nitrogens is 1. The summed E-state index contributed by atoms with van der Waals surface area (Å²) >= 11 is 1.34. The normalized spacial score (nSPS) is 12.0. The van der Waals surface area contributed by atoms with Crippen molar-refractivity contribution in [1.82, 2.24) is 15.3 Å². The summed E-state index contributed by atoms with van der Waals surface area (Å²) in [7, 11) is 0. The van der Waals surface area contributed by atoms with E-state index in [4.69, 9.17) is 5.73 Å². The number of carbonyl (C=O) groups is 2. The Balaban J connectivity index is 1.52. The molecule has 0 aliphatic carbocycles. The number of thiophene rings is 1. The number of primary amides is 1. The van der Waals surface area contributed by atoms with E-state index >= 15 is 0 Å². The molecular formula is C21H18N4O3S. The molecule has 146 valence electrons. The van der Waals surface area contributed by atoms with E-state index in [1.165, 1.54) is 23.5 Å². The Hall–Kier alpha value is -3.65. The lowest BCUT2D eigenvalue weighted by molar-refractivity contribution is -0.119. The molecule has 0 aliphatic rings. The molecule has 4 rings (SSSR count). The van der Waals surface area contributed by atoms with Gasteiger partial charge < -0.3 is 21.1 Å². The summed E-state index contributed by atoms with van der Waals surface area (Å²) in [6.45, 7) is 0. The predicted molar refractivity (Wildman–Crippen MR) is 112 cm³/mol. The average Bonchev–Trinajstić information content (AvgIpc) is 3.38. The van der Waals surface area contributed by atoms with E-state index in [0.717, 1.165) is 27.0 Å². The van der Waals surface area contributed by atoms with Crippen LogP contribution in [-0.4, -0.2) is 32.9 Å². The molecule has 2 amide bonds. The van der Waals surface area contributed by atoms with Crippen LogP contribution < -0.4 is 11.1 Å². The Bertz CT molecular complexity index is 1180. The molecule has 1 unspecified atom stereocenters. The Morgan fingerprint density at radius 3 is 2.69 bits per heavy atom. The first-order valence-corrected chi connectivity index (χ1v) is 9.73. The molecule has 3 aromatic heterocycles. The number of hydrogen-bond acceptors (Lipinski definition) is 5. The molecule has 1 aromatic carbocycles. The van der Waals surface area contributed by atoms with Gasteiger partial charge in [-0.25, -0.2) is 4.98 Å². The summed E-state index contributed by atoms with van der Waals surface area (Å²) < 4.78 is 0. The maximum absolute atomic E-state index is 12.7. The van der Waals surface area contributed by atoms with Gasteiger partial charge in [-0.3, -0.25) is 9.59 Å². The number of amides is 2. The Labute approximate surface area is 170 Å². The van der Waals surface area contributed by atoms with Crippen LogP contribution in [0.3, 0.4) is 0 Å². The van der Waals surface area contributed by atoms with Crippen molar-refractivity contribution in [3.63, 3.8) is 0 Å². The molecule has 1 atom stereocenters. The average molecular weight is 406 g/mol. The van der Waals surface area contributed by atoms with Gasteiger partial charge in [0.1, 0.15) is 17.4 Å². The van der Waals surface area contributed by atoms with Gasteiger partial charge >= 0.3 is 0 Å². The molecule has 7 nitrogen and oxygen atoms in total. The number of rotatable bonds is 6. The molecule has 0 saturated carbocycles. The number of phenols is 1. The Kier molecular flexibility index (Phi) is 5.01. The van der Waals surface area contributed by atoms with E-state index in [1.807, 2.05) is 24.4 Å². The molecule has 8 heteroatoms. The van der Waals surface area contributed by atoms with Crippen LogP contribution in [0.5, 0.6) is 5.75 Å². The van der Waals surface area contributed by atoms with E-state index < -0.39 is 11.9 Å². The molecule has 5 N–H and O–H groups in total. The second kappa shape index (κ2) is 7.76. The van der Waals surface area contributed by atoms with Crippen LogP contribution in [0.25, 0.3) is 21.5 Å². The summed E-state index contributed by atoms with van der Waals surface area (Å²) in [5.41, 5.74) is 8.02. The third-order valence-electron chi connectivity index (χ3n) is 4.58. The molecule has 29 heavy (non-hydrogen) atoms. The predicted octanol–water partition coefficient (Wildman–Crippen LogP) is 2.82. The third-order valence-corrected chi connectivity index (χ3v) is 5.70. The lowest BCUT2D eigenvalue weighted by atomic mass is 10.1. The summed E-state index contributed by atoms with van der Waals surface area (Å²) in [5.74, 6) is -0.846. The van der Waals surface area contributed by atoms with Crippen LogP contribution in [0, 0.1) is 0 Å². The number of fused-ring (bicyclic) bond motifs is 1. The fraction of sp³-hybridized carbons (Fsp3) is 0.0952. The van der Waals surface area contributed by atoms with Gasteiger partial charge in [-0.05, 0) is 42.0 Å². The number of nitrogens with two attached hydrogens (primary N) is 1. The topological polar surface area (TPSA) is 121 Å². The summed E-state index contributed by atoms with van der Waals surface area (Å²) in [4.78, 5) is 33.3. The fourth-order valence-corrected chi connectivity index (χ4v) is 4.05. The zero-order valence-electron chi connectivity index (χ0n) is 15.3. The highest BCUT2D eigenvalue weighted by Crippen LogP contribution is 2.32. The minimum Gasteiger partial charge on any atom is -0.508 e. The molecule has 0 radical (unpaired) electrons. The number of carbonyl (C=O) groups excluding carboxylic acids is 2. The first kappa shape index (κ1) is 18.7. The van der Waals surface area contributed by atoms with Crippen LogP contribution in [-0.2, 0) is 11.2 Å². The molecule has 0 spiro atoms. The number of nitrogens with zero attached hydrogens (tertiary/aromatic N) is 1. The quantitative estimate of drug-likeness (QED) is 0.393. The van der Waals surface area contributed by atoms with Crippen molar-refractivity contribution in [3.8, 4) is 16.2 Å². The van der Waals surface area contributed by atoms with E-state index in [2.05, 4.69) is 15.3 Å². The van der Waals surface area contributed by atoms with Gasteiger partial charge in [-0.15, -0.1) is 11.3 Å². The second-order valence-corrected chi connectivity index (χ2v) is 7.65. The van der Waals surface area contributed by atoms with Gasteiger partial charge in [0, 0.05) is 34.6 Å².